The average molecular weight is 953 g/mol. The zero-order chi connectivity index (χ0) is 51.4. The van der Waals surface area contributed by atoms with Gasteiger partial charge in [0.15, 0.2) is 0 Å². The fourth-order valence-corrected chi connectivity index (χ4v) is 14.2. The highest BCUT2D eigenvalue weighted by Gasteiger charge is 2.49. The molecule has 5 aliphatic rings. The standard InChI is InChI=1S/C68H81BN2O/c1-61(2,3)40-19-22-44-45-34-42(21-24-58(45)72-59(44)33-40)70-54-38-50-48(65(11,12)27-29-67(50,15)16)36-52(54)69-53-37-49-51(68(17,18)30-28-66(49,13)14)39-55(53)71(57-32-41(62(4,5)6)31-56(70)60(57)69)43-20-23-46-47(35-43)64(9,10)26-25-63(46,7)8/h19-24,31-39H,25-30H2,1-18H3. The zero-order valence-corrected chi connectivity index (χ0v) is 47.3. The SMILES string of the molecule is CC(C)(C)c1cc2c3c(c1)N(c1ccc4oc5cc(C(C)(C)C)ccc5c4c1)c1cc4c(cc1B3c1cc3c(cc1N2c1ccc2c(c1)C(C)(C)CCC2(C)C)C(C)(C)CCC3(C)C)C(C)(C)CCC4(C)C. The van der Waals surface area contributed by atoms with Crippen molar-refractivity contribution in [3.05, 3.63) is 136 Å². The summed E-state index contributed by atoms with van der Waals surface area (Å²) in [6.07, 6.45) is 7.07. The van der Waals surface area contributed by atoms with E-state index in [0.717, 1.165) is 23.0 Å². The molecule has 372 valence electrons. The van der Waals surface area contributed by atoms with Crippen LogP contribution in [-0.4, -0.2) is 6.71 Å². The van der Waals surface area contributed by atoms with E-state index in [1.807, 2.05) is 0 Å². The Morgan fingerprint density at radius 2 is 0.792 bits per heavy atom. The minimum absolute atomic E-state index is 0.0225. The van der Waals surface area contributed by atoms with Crippen molar-refractivity contribution >= 4 is 79.2 Å². The van der Waals surface area contributed by atoms with E-state index in [1.165, 1.54) is 133 Å². The summed E-state index contributed by atoms with van der Waals surface area (Å²) >= 11 is 0. The first-order chi connectivity index (χ1) is 33.4. The molecule has 3 heterocycles. The van der Waals surface area contributed by atoms with Crippen molar-refractivity contribution in [3.63, 3.8) is 0 Å². The molecule has 12 rings (SSSR count). The molecule has 0 radical (unpaired) electrons. The monoisotopic (exact) mass is 953 g/mol. The molecule has 0 N–H and O–H groups in total. The number of hydrogen-bond donors (Lipinski definition) is 0. The van der Waals surface area contributed by atoms with Crippen LogP contribution in [0.4, 0.5) is 34.1 Å². The highest BCUT2D eigenvalue weighted by atomic mass is 16.3. The van der Waals surface area contributed by atoms with Gasteiger partial charge >= 0.3 is 0 Å². The van der Waals surface area contributed by atoms with Gasteiger partial charge in [0, 0.05) is 44.9 Å². The van der Waals surface area contributed by atoms with Crippen LogP contribution in [0, 0.1) is 0 Å². The molecule has 4 heteroatoms. The molecular weight excluding hydrogens is 872 g/mol. The van der Waals surface area contributed by atoms with Crippen molar-refractivity contribution < 1.29 is 4.42 Å². The Hall–Kier alpha value is -5.22. The van der Waals surface area contributed by atoms with Gasteiger partial charge in [-0.25, -0.2) is 0 Å². The van der Waals surface area contributed by atoms with E-state index in [0.29, 0.717) is 0 Å². The second kappa shape index (κ2) is 14.8. The van der Waals surface area contributed by atoms with Crippen molar-refractivity contribution in [1.29, 1.82) is 0 Å². The summed E-state index contributed by atoms with van der Waals surface area (Å²) in [4.78, 5) is 5.43. The second-order valence-corrected chi connectivity index (χ2v) is 29.5. The van der Waals surface area contributed by atoms with Crippen LogP contribution in [0.25, 0.3) is 21.9 Å². The molecule has 2 aliphatic heterocycles. The van der Waals surface area contributed by atoms with Crippen molar-refractivity contribution in [2.75, 3.05) is 9.80 Å². The van der Waals surface area contributed by atoms with E-state index in [-0.39, 0.29) is 50.0 Å². The maximum Gasteiger partial charge on any atom is 0.252 e. The predicted octanol–water partition coefficient (Wildman–Crippen LogP) is 17.3. The van der Waals surface area contributed by atoms with Crippen molar-refractivity contribution in [2.45, 2.75) is 206 Å². The van der Waals surface area contributed by atoms with Gasteiger partial charge in [0.1, 0.15) is 11.2 Å². The number of rotatable bonds is 2. The summed E-state index contributed by atoms with van der Waals surface area (Å²) in [6.45, 7) is 44.0. The molecule has 3 aliphatic carbocycles. The fourth-order valence-electron chi connectivity index (χ4n) is 14.2. The Labute approximate surface area is 433 Å². The van der Waals surface area contributed by atoms with Crippen LogP contribution in [-0.2, 0) is 43.3 Å². The van der Waals surface area contributed by atoms with Crippen LogP contribution >= 0.6 is 0 Å². The Morgan fingerprint density at radius 1 is 0.375 bits per heavy atom. The maximum atomic E-state index is 6.74. The Balaban J connectivity index is 1.22. The molecule has 0 saturated heterocycles. The lowest BCUT2D eigenvalue weighted by Crippen LogP contribution is -2.62. The van der Waals surface area contributed by atoms with E-state index in [2.05, 4.69) is 225 Å². The summed E-state index contributed by atoms with van der Waals surface area (Å²) in [6, 6.07) is 37.5. The van der Waals surface area contributed by atoms with Crippen LogP contribution in [0.1, 0.15) is 208 Å². The molecule has 3 nitrogen and oxygen atoms in total. The van der Waals surface area contributed by atoms with Crippen LogP contribution < -0.4 is 26.2 Å². The van der Waals surface area contributed by atoms with Crippen molar-refractivity contribution in [2.24, 2.45) is 0 Å². The molecule has 0 unspecified atom stereocenters. The maximum absolute atomic E-state index is 6.74. The minimum Gasteiger partial charge on any atom is -0.456 e. The zero-order valence-electron chi connectivity index (χ0n) is 47.3. The summed E-state index contributed by atoms with van der Waals surface area (Å²) in [7, 11) is 0. The smallest absolute Gasteiger partial charge is 0.252 e. The van der Waals surface area contributed by atoms with E-state index in [4.69, 9.17) is 4.42 Å². The lowest BCUT2D eigenvalue weighted by atomic mass is 9.32. The largest absolute Gasteiger partial charge is 0.456 e. The molecule has 6 aromatic carbocycles. The van der Waals surface area contributed by atoms with Gasteiger partial charge in [-0.1, -0.05) is 155 Å². The topological polar surface area (TPSA) is 19.6 Å². The third-order valence-electron chi connectivity index (χ3n) is 19.6. The average Bonchev–Trinajstić information content (AvgIpc) is 3.67. The van der Waals surface area contributed by atoms with Gasteiger partial charge in [-0.3, -0.25) is 0 Å². The van der Waals surface area contributed by atoms with Crippen molar-refractivity contribution in [1.82, 2.24) is 0 Å². The van der Waals surface area contributed by atoms with Gasteiger partial charge in [-0.2, -0.15) is 0 Å². The molecular formula is C68H81BN2O. The Morgan fingerprint density at radius 3 is 1.26 bits per heavy atom. The molecule has 0 amide bonds. The third kappa shape index (κ3) is 6.95. The molecule has 0 saturated carbocycles. The number of anilines is 6. The quantitative estimate of drug-likeness (QED) is 0.161. The highest BCUT2D eigenvalue weighted by molar-refractivity contribution is 7.00. The van der Waals surface area contributed by atoms with E-state index in [9.17, 15) is 0 Å². The number of hydrogen-bond acceptors (Lipinski definition) is 3. The van der Waals surface area contributed by atoms with E-state index in [1.54, 1.807) is 0 Å². The fraction of sp³-hybridized carbons (Fsp3) is 0.471. The first-order valence-corrected chi connectivity index (χ1v) is 27.7. The summed E-state index contributed by atoms with van der Waals surface area (Å²) in [5.41, 5.74) is 25.8. The molecule has 7 aromatic rings. The van der Waals surface area contributed by atoms with Gasteiger partial charge < -0.3 is 14.2 Å². The Bertz CT molecular complexity index is 3460. The van der Waals surface area contributed by atoms with Crippen LogP contribution in [0.3, 0.4) is 0 Å². The molecule has 1 aromatic heterocycles. The van der Waals surface area contributed by atoms with Crippen LogP contribution in [0.15, 0.2) is 95.4 Å². The predicted molar refractivity (Wildman–Crippen MR) is 311 cm³/mol. The van der Waals surface area contributed by atoms with E-state index >= 15 is 0 Å². The number of fused-ring (bicyclic) bond motifs is 10. The lowest BCUT2D eigenvalue weighted by molar-refractivity contribution is 0.332. The first-order valence-electron chi connectivity index (χ1n) is 27.7. The van der Waals surface area contributed by atoms with Gasteiger partial charge in [0.2, 0.25) is 0 Å². The van der Waals surface area contributed by atoms with Gasteiger partial charge in [0.25, 0.3) is 6.71 Å². The lowest BCUT2D eigenvalue weighted by Gasteiger charge is -2.49. The Kier molecular flexibility index (Phi) is 9.79. The van der Waals surface area contributed by atoms with Crippen LogP contribution in [0.2, 0.25) is 0 Å². The molecule has 0 bridgehead atoms. The summed E-state index contributed by atoms with van der Waals surface area (Å²) in [5.74, 6) is 0. The van der Waals surface area contributed by atoms with E-state index < -0.39 is 0 Å². The number of benzene rings is 6. The van der Waals surface area contributed by atoms with Gasteiger partial charge in [-0.15, -0.1) is 0 Å². The minimum atomic E-state index is -0.125. The molecule has 0 fully saturated rings. The summed E-state index contributed by atoms with van der Waals surface area (Å²) < 4.78 is 6.74. The second-order valence-electron chi connectivity index (χ2n) is 29.5. The van der Waals surface area contributed by atoms with Gasteiger partial charge in [-0.05, 0) is 203 Å². The number of furan rings is 1. The van der Waals surface area contributed by atoms with Gasteiger partial charge in [0.05, 0.1) is 0 Å². The third-order valence-corrected chi connectivity index (χ3v) is 19.6. The first kappa shape index (κ1) is 47.8. The molecule has 0 atom stereocenters. The molecule has 0 spiro atoms. The van der Waals surface area contributed by atoms with Crippen LogP contribution in [0.5, 0.6) is 0 Å². The summed E-state index contributed by atoms with van der Waals surface area (Å²) in [5, 5.41) is 2.33. The number of nitrogens with zero attached hydrogens (tertiary/aromatic N) is 2. The van der Waals surface area contributed by atoms with Crippen molar-refractivity contribution in [3.8, 4) is 0 Å². The highest BCUT2D eigenvalue weighted by Crippen LogP contribution is 2.55. The molecule has 72 heavy (non-hydrogen) atoms. The normalized spacial score (nSPS) is 20.6.